The van der Waals surface area contributed by atoms with Crippen LogP contribution < -0.4 is 15.5 Å². The molecule has 2 aliphatic rings. The molecule has 7 heteroatoms. The molecule has 1 aliphatic heterocycles. The lowest BCUT2D eigenvalue weighted by atomic mass is 9.89. The average Bonchev–Trinajstić information content (AvgIpc) is 3.16. The minimum atomic E-state index is -0.0809. The molecule has 6 nitrogen and oxygen atoms in total. The minimum Gasteiger partial charge on any atom is -0.347 e. The molecule has 3 aromatic rings. The summed E-state index contributed by atoms with van der Waals surface area (Å²) in [6.07, 6.45) is 6.17. The Morgan fingerprint density at radius 3 is 2.66 bits per heavy atom. The number of nitrogens with one attached hydrogen (secondary N) is 2. The minimum absolute atomic E-state index is 0.0394. The first-order valence-corrected chi connectivity index (χ1v) is 11.7. The quantitative estimate of drug-likeness (QED) is 0.627. The van der Waals surface area contributed by atoms with Crippen molar-refractivity contribution < 1.29 is 9.59 Å². The lowest BCUT2D eigenvalue weighted by Crippen LogP contribution is -2.48. The van der Waals surface area contributed by atoms with Crippen molar-refractivity contribution in [1.29, 1.82) is 0 Å². The van der Waals surface area contributed by atoms with Crippen molar-refractivity contribution in [2.75, 3.05) is 24.5 Å². The zero-order chi connectivity index (χ0) is 22.1. The van der Waals surface area contributed by atoms with E-state index in [1.165, 1.54) is 0 Å². The lowest BCUT2D eigenvalue weighted by molar-refractivity contribution is -0.118. The van der Waals surface area contributed by atoms with E-state index in [2.05, 4.69) is 21.3 Å². The number of piperazine rings is 1. The highest BCUT2D eigenvalue weighted by atomic mass is 35.5. The van der Waals surface area contributed by atoms with E-state index in [4.69, 9.17) is 11.6 Å². The second kappa shape index (κ2) is 8.96. The molecule has 2 amide bonds. The molecule has 1 saturated carbocycles. The van der Waals surface area contributed by atoms with Gasteiger partial charge in [0.15, 0.2) is 0 Å². The normalized spacial score (nSPS) is 21.7. The van der Waals surface area contributed by atoms with Gasteiger partial charge in [-0.15, -0.1) is 0 Å². The van der Waals surface area contributed by atoms with Crippen LogP contribution in [0.5, 0.6) is 0 Å². The third kappa shape index (κ3) is 4.00. The maximum absolute atomic E-state index is 13.1. The summed E-state index contributed by atoms with van der Waals surface area (Å²) in [7, 11) is 0. The Morgan fingerprint density at radius 1 is 1.06 bits per heavy atom. The predicted octanol–water partition coefficient (Wildman–Crippen LogP) is 4.14. The predicted molar refractivity (Wildman–Crippen MR) is 127 cm³/mol. The number of halogens is 1. The number of carbonyl (C=O) groups is 2. The van der Waals surface area contributed by atoms with Crippen LogP contribution in [0.4, 0.5) is 5.69 Å². The summed E-state index contributed by atoms with van der Waals surface area (Å²) in [5.74, 6) is -0.0289. The topological polar surface area (TPSA) is 66.4 Å². The van der Waals surface area contributed by atoms with Gasteiger partial charge in [-0.2, -0.15) is 0 Å². The molecule has 2 fully saturated rings. The van der Waals surface area contributed by atoms with Crippen LogP contribution in [0.3, 0.4) is 0 Å². The fourth-order valence-electron chi connectivity index (χ4n) is 4.97. The molecule has 32 heavy (non-hydrogen) atoms. The monoisotopic (exact) mass is 450 g/mol. The Kier molecular flexibility index (Phi) is 5.89. The van der Waals surface area contributed by atoms with E-state index in [1.54, 1.807) is 17.0 Å². The van der Waals surface area contributed by atoms with E-state index in [0.717, 1.165) is 53.8 Å². The Labute approximate surface area is 192 Å². The average molecular weight is 451 g/mol. The number of aromatic nitrogens is 1. The summed E-state index contributed by atoms with van der Waals surface area (Å²) in [5, 5.41) is 8.14. The van der Waals surface area contributed by atoms with Crippen molar-refractivity contribution in [2.45, 2.75) is 37.8 Å². The summed E-state index contributed by atoms with van der Waals surface area (Å²) in [4.78, 5) is 26.9. The van der Waals surface area contributed by atoms with Crippen molar-refractivity contribution >= 4 is 40.0 Å². The number of nitrogens with zero attached hydrogens (tertiary/aromatic N) is 2. The first-order chi connectivity index (χ1) is 15.6. The molecular formula is C25H27ClN4O2. The first-order valence-electron chi connectivity index (χ1n) is 11.3. The highest BCUT2D eigenvalue weighted by Gasteiger charge is 2.29. The van der Waals surface area contributed by atoms with Gasteiger partial charge in [0.05, 0.1) is 17.6 Å². The largest absolute Gasteiger partial charge is 0.347 e. The van der Waals surface area contributed by atoms with Crippen molar-refractivity contribution in [3.8, 4) is 0 Å². The van der Waals surface area contributed by atoms with Crippen molar-refractivity contribution in [3.05, 3.63) is 65.3 Å². The van der Waals surface area contributed by atoms with Crippen LogP contribution in [0.2, 0.25) is 5.02 Å². The van der Waals surface area contributed by atoms with E-state index >= 15 is 0 Å². The van der Waals surface area contributed by atoms with Crippen molar-refractivity contribution in [3.63, 3.8) is 0 Å². The van der Waals surface area contributed by atoms with Crippen LogP contribution >= 0.6 is 11.6 Å². The number of rotatable bonds is 4. The van der Waals surface area contributed by atoms with Gasteiger partial charge in [-0.1, -0.05) is 42.6 Å². The van der Waals surface area contributed by atoms with E-state index in [1.807, 2.05) is 36.5 Å². The molecule has 1 aliphatic carbocycles. The van der Waals surface area contributed by atoms with Gasteiger partial charge in [0, 0.05) is 47.5 Å². The van der Waals surface area contributed by atoms with Gasteiger partial charge >= 0.3 is 0 Å². The number of carbonyl (C=O) groups excluding carboxylic acids is 2. The number of benzene rings is 2. The van der Waals surface area contributed by atoms with E-state index < -0.39 is 0 Å². The molecule has 2 aromatic carbocycles. The van der Waals surface area contributed by atoms with E-state index in [0.29, 0.717) is 18.7 Å². The zero-order valence-corrected chi connectivity index (χ0v) is 18.6. The summed E-state index contributed by atoms with van der Waals surface area (Å²) in [5.41, 5.74) is 2.54. The highest BCUT2D eigenvalue weighted by molar-refractivity contribution is 6.35. The molecule has 1 aromatic heterocycles. The molecule has 0 spiro atoms. The molecule has 0 radical (unpaired) electrons. The number of anilines is 1. The fourth-order valence-corrected chi connectivity index (χ4v) is 5.24. The zero-order valence-electron chi connectivity index (χ0n) is 17.9. The van der Waals surface area contributed by atoms with Crippen molar-refractivity contribution in [2.24, 2.45) is 0 Å². The summed E-state index contributed by atoms with van der Waals surface area (Å²) in [6.45, 7) is 1.76. The fraction of sp³-hybridized carbons (Fsp3) is 0.360. The van der Waals surface area contributed by atoms with Crippen LogP contribution in [-0.2, 0) is 4.79 Å². The third-order valence-corrected chi connectivity index (χ3v) is 6.93. The Bertz CT molecular complexity index is 1140. The first kappa shape index (κ1) is 21.0. The smallest absolute Gasteiger partial charge is 0.251 e. The van der Waals surface area contributed by atoms with Crippen LogP contribution in [0.1, 0.15) is 42.1 Å². The molecule has 5 rings (SSSR count). The van der Waals surface area contributed by atoms with Crippen LogP contribution in [0.15, 0.2) is 54.7 Å². The lowest BCUT2D eigenvalue weighted by Gasteiger charge is -2.34. The maximum atomic E-state index is 13.1. The number of hydrogen-bond acceptors (Lipinski definition) is 3. The molecule has 2 N–H and O–H groups in total. The highest BCUT2D eigenvalue weighted by Crippen LogP contribution is 2.35. The van der Waals surface area contributed by atoms with E-state index in [9.17, 15) is 9.59 Å². The van der Waals surface area contributed by atoms with Gasteiger partial charge in [-0.3, -0.25) is 9.59 Å². The molecule has 0 bridgehead atoms. The maximum Gasteiger partial charge on any atom is 0.251 e. The van der Waals surface area contributed by atoms with Gasteiger partial charge in [-0.05, 0) is 43.2 Å². The van der Waals surface area contributed by atoms with Gasteiger partial charge in [0.1, 0.15) is 0 Å². The van der Waals surface area contributed by atoms with E-state index in [-0.39, 0.29) is 23.9 Å². The van der Waals surface area contributed by atoms with Gasteiger partial charge in [0.25, 0.3) is 5.91 Å². The third-order valence-electron chi connectivity index (χ3n) is 6.63. The number of fused-ring (bicyclic) bond motifs is 1. The standard InChI is InChI=1S/C25H27ClN4O2/c26-20-16-30(22-7-3-1-5-19(20)22)23-8-4-2-6-21(23)28-25(32)17-9-11-18(12-10-17)29-14-13-27-15-24(29)31/h1,3,5,7,9-12,16,21,23,27H,2,4,6,8,13-15H2,(H,28,32). The second-order valence-corrected chi connectivity index (χ2v) is 9.01. The molecule has 166 valence electrons. The Hall–Kier alpha value is -2.83. The molecule has 2 heterocycles. The molecular weight excluding hydrogens is 424 g/mol. The Balaban J connectivity index is 1.34. The Morgan fingerprint density at radius 2 is 1.84 bits per heavy atom. The number of amides is 2. The number of para-hydroxylation sites is 1. The van der Waals surface area contributed by atoms with Gasteiger partial charge in [-0.25, -0.2) is 0 Å². The number of hydrogen-bond donors (Lipinski definition) is 2. The SMILES string of the molecule is O=C(NC1CCCCC1n1cc(Cl)c2ccccc21)c1ccc(N2CCNCC2=O)cc1. The van der Waals surface area contributed by atoms with Crippen LogP contribution in [0.25, 0.3) is 10.9 Å². The van der Waals surface area contributed by atoms with Crippen LogP contribution in [0, 0.1) is 0 Å². The summed E-state index contributed by atoms with van der Waals surface area (Å²) >= 11 is 6.50. The molecule has 1 saturated heterocycles. The molecule has 2 unspecified atom stereocenters. The molecule has 2 atom stereocenters. The summed E-state index contributed by atoms with van der Waals surface area (Å²) in [6, 6.07) is 15.7. The second-order valence-electron chi connectivity index (χ2n) is 8.60. The van der Waals surface area contributed by atoms with Crippen LogP contribution in [-0.4, -0.2) is 42.1 Å². The van der Waals surface area contributed by atoms with Gasteiger partial charge in [0.2, 0.25) is 5.91 Å². The summed E-state index contributed by atoms with van der Waals surface area (Å²) < 4.78 is 2.24. The van der Waals surface area contributed by atoms with Gasteiger partial charge < -0.3 is 20.1 Å². The van der Waals surface area contributed by atoms with Crippen molar-refractivity contribution in [1.82, 2.24) is 15.2 Å².